The van der Waals surface area contributed by atoms with Crippen molar-refractivity contribution in [2.45, 2.75) is 19.8 Å². The molecule has 2 nitrogen and oxygen atoms in total. The van der Waals surface area contributed by atoms with Gasteiger partial charge < -0.3 is 0 Å². The van der Waals surface area contributed by atoms with Crippen LogP contribution in [0.1, 0.15) is 25.1 Å². The van der Waals surface area contributed by atoms with Gasteiger partial charge in [-0.05, 0) is 76.4 Å². The first-order chi connectivity index (χ1) is 14.2. The van der Waals surface area contributed by atoms with Gasteiger partial charge in [-0.1, -0.05) is 61.2 Å². The zero-order chi connectivity index (χ0) is 19.8. The number of aromatic nitrogens is 2. The predicted molar refractivity (Wildman–Crippen MR) is 125 cm³/mol. The van der Waals surface area contributed by atoms with E-state index in [0.717, 1.165) is 35.4 Å². The molecule has 0 unspecified atom stereocenters. The van der Waals surface area contributed by atoms with Crippen LogP contribution in [0.25, 0.3) is 39.7 Å². The summed E-state index contributed by atoms with van der Waals surface area (Å²) in [7, 11) is 0. The first-order valence-corrected chi connectivity index (χ1v) is 10.0. The summed E-state index contributed by atoms with van der Waals surface area (Å²) in [5.41, 5.74) is 11.8. The number of pyridine rings is 2. The molecule has 0 saturated heterocycles. The number of rotatable bonds is 3. The van der Waals surface area contributed by atoms with Crippen molar-refractivity contribution in [2.75, 3.05) is 0 Å². The molecule has 1 aliphatic carbocycles. The Kier molecular flexibility index (Phi) is 4.33. The van der Waals surface area contributed by atoms with Gasteiger partial charge in [-0.15, -0.1) is 0 Å². The lowest BCUT2D eigenvalue weighted by Crippen LogP contribution is -2.05. The average molecular weight is 379 g/mol. The number of benzene rings is 2. The molecule has 2 aromatic carbocycles. The van der Waals surface area contributed by atoms with Gasteiger partial charge in [-0.2, -0.15) is 0 Å². The molecule has 2 heterocycles. The van der Waals surface area contributed by atoms with E-state index >= 15 is 0 Å². The molecule has 5 rings (SSSR count). The summed E-state index contributed by atoms with van der Waals surface area (Å²) in [4.78, 5) is 9.47. The third-order valence-corrected chi connectivity index (χ3v) is 5.79. The maximum atomic E-state index is 4.76. The van der Waals surface area contributed by atoms with E-state index in [9.17, 15) is 0 Å². The van der Waals surface area contributed by atoms with Crippen molar-refractivity contribution in [2.24, 2.45) is 0 Å². The van der Waals surface area contributed by atoms with Gasteiger partial charge in [-0.25, -0.2) is 0 Å². The third kappa shape index (κ3) is 3.07. The lowest BCUT2D eigenvalue weighted by Gasteiger charge is -2.20. The highest BCUT2D eigenvalue weighted by Gasteiger charge is 2.18. The van der Waals surface area contributed by atoms with Crippen molar-refractivity contribution < 1.29 is 2.85 Å². The molecule has 0 bridgehead atoms. The second kappa shape index (κ2) is 7.14. The molecule has 0 spiro atoms. The Labute approximate surface area is 174 Å². The minimum Gasteiger partial charge on any atom is -0.254 e. The molecule has 0 saturated carbocycles. The Morgan fingerprint density at radius 1 is 0.759 bits per heavy atom. The Hall–Kier alpha value is -3.52. The number of hydrogen-bond donors (Lipinski definition) is 0. The van der Waals surface area contributed by atoms with Crippen LogP contribution in [0.15, 0.2) is 79.6 Å². The summed E-state index contributed by atoms with van der Waals surface area (Å²) in [5.74, 6) is 0. The van der Waals surface area contributed by atoms with Crippen molar-refractivity contribution >= 4 is 6.08 Å². The molecule has 144 valence electrons. The van der Waals surface area contributed by atoms with Crippen LogP contribution in [0.2, 0.25) is 0 Å². The Bertz CT molecular complexity index is 1250. The van der Waals surface area contributed by atoms with Gasteiger partial charge in [0.2, 0.25) is 0 Å². The molecule has 0 atom stereocenters. The third-order valence-electron chi connectivity index (χ3n) is 5.79. The number of aryl methyl sites for hydroxylation is 3. The Balaban J connectivity index is 0.00000136. The topological polar surface area (TPSA) is 25.8 Å². The van der Waals surface area contributed by atoms with E-state index in [0.29, 0.717) is 0 Å². The second-order valence-electron chi connectivity index (χ2n) is 7.56. The van der Waals surface area contributed by atoms with E-state index in [1.807, 2.05) is 24.5 Å². The smallest absolute Gasteiger partial charge is 0.0892 e. The van der Waals surface area contributed by atoms with Gasteiger partial charge in [0.1, 0.15) is 0 Å². The summed E-state index contributed by atoms with van der Waals surface area (Å²) in [6, 6.07) is 21.4. The van der Waals surface area contributed by atoms with Crippen LogP contribution in [0.3, 0.4) is 0 Å². The summed E-state index contributed by atoms with van der Waals surface area (Å²) < 4.78 is 0. The Morgan fingerprint density at radius 2 is 1.41 bits per heavy atom. The molecular weight excluding hydrogens is 352 g/mol. The minimum atomic E-state index is 0. The number of fused-ring (bicyclic) bond motifs is 3. The average Bonchev–Trinajstić information content (AvgIpc) is 2.79. The van der Waals surface area contributed by atoms with Gasteiger partial charge in [0.25, 0.3) is 0 Å². The van der Waals surface area contributed by atoms with Crippen LogP contribution in [0.4, 0.5) is 0 Å². The summed E-state index contributed by atoms with van der Waals surface area (Å²) in [5, 5.41) is 0. The molecule has 0 radical (unpaired) electrons. The molecule has 2 heteroatoms. The molecule has 29 heavy (non-hydrogen) atoms. The van der Waals surface area contributed by atoms with Gasteiger partial charge in [0.05, 0.1) is 11.4 Å². The fraction of sp³-hybridized carbons (Fsp3) is 0.111. The normalized spacial score (nSPS) is 12.2. The first kappa shape index (κ1) is 17.6. The fourth-order valence-electron chi connectivity index (χ4n) is 4.22. The van der Waals surface area contributed by atoms with E-state index in [4.69, 9.17) is 9.97 Å². The summed E-state index contributed by atoms with van der Waals surface area (Å²) in [6.45, 7) is 6.07. The quantitative estimate of drug-likeness (QED) is 0.383. The first-order valence-electron chi connectivity index (χ1n) is 10.0. The lowest BCUT2D eigenvalue weighted by atomic mass is 9.86. The fourth-order valence-corrected chi connectivity index (χ4v) is 4.22. The second-order valence-corrected chi connectivity index (χ2v) is 7.56. The van der Waals surface area contributed by atoms with E-state index in [2.05, 4.69) is 68.1 Å². The summed E-state index contributed by atoms with van der Waals surface area (Å²) >= 11 is 0. The maximum Gasteiger partial charge on any atom is 0.0892 e. The zero-order valence-corrected chi connectivity index (χ0v) is 16.5. The van der Waals surface area contributed by atoms with Crippen LogP contribution >= 0.6 is 0 Å². The highest BCUT2D eigenvalue weighted by molar-refractivity contribution is 5.81. The van der Waals surface area contributed by atoms with Crippen molar-refractivity contribution in [1.82, 2.24) is 9.97 Å². The molecule has 1 aliphatic rings. The van der Waals surface area contributed by atoms with E-state index in [1.54, 1.807) is 0 Å². The number of nitrogens with zero attached hydrogens (tertiary/aromatic N) is 2. The van der Waals surface area contributed by atoms with Gasteiger partial charge in [0, 0.05) is 15.2 Å². The molecular formula is C27H26N2. The standard InChI is InChI=1S/C27H22N2.2H2/c1-3-19-8-4-6-10-22(19)24-14-26(28-16-18(24)2)27-15-25-21(17-29-27)13-12-20-9-5-7-11-23(20)25;;/h3-11,14-17H,1,12-13H2,2H3;2*1H. The summed E-state index contributed by atoms with van der Waals surface area (Å²) in [6.07, 6.45) is 8.00. The van der Waals surface area contributed by atoms with Crippen LogP contribution in [0.5, 0.6) is 0 Å². The Morgan fingerprint density at radius 3 is 2.24 bits per heavy atom. The molecule has 0 N–H and O–H groups in total. The van der Waals surface area contributed by atoms with Crippen molar-refractivity contribution in [3.05, 3.63) is 102 Å². The molecule has 0 fully saturated rings. The zero-order valence-electron chi connectivity index (χ0n) is 16.5. The van der Waals surface area contributed by atoms with Crippen LogP contribution in [-0.2, 0) is 12.8 Å². The minimum absolute atomic E-state index is 0. The van der Waals surface area contributed by atoms with Crippen molar-refractivity contribution in [3.63, 3.8) is 0 Å². The maximum absolute atomic E-state index is 4.76. The van der Waals surface area contributed by atoms with Crippen molar-refractivity contribution in [1.29, 1.82) is 0 Å². The highest BCUT2D eigenvalue weighted by Crippen LogP contribution is 2.36. The molecule has 4 aromatic rings. The van der Waals surface area contributed by atoms with Gasteiger partial charge in [-0.3, -0.25) is 9.97 Å². The predicted octanol–water partition coefficient (Wildman–Crippen LogP) is 7.02. The van der Waals surface area contributed by atoms with Crippen LogP contribution in [-0.4, -0.2) is 9.97 Å². The molecule has 2 aromatic heterocycles. The van der Waals surface area contributed by atoms with E-state index in [-0.39, 0.29) is 2.85 Å². The monoisotopic (exact) mass is 378 g/mol. The number of hydrogen-bond acceptors (Lipinski definition) is 2. The largest absolute Gasteiger partial charge is 0.254 e. The SMILES string of the molecule is C=Cc1ccccc1-c1cc(-c2cc3c(cn2)CCc2ccccc2-3)ncc1C.[HH].[HH]. The van der Waals surface area contributed by atoms with Crippen LogP contribution < -0.4 is 0 Å². The van der Waals surface area contributed by atoms with Crippen molar-refractivity contribution in [3.8, 4) is 33.6 Å². The van der Waals surface area contributed by atoms with E-state index < -0.39 is 0 Å². The van der Waals surface area contributed by atoms with Gasteiger partial charge in [0.15, 0.2) is 0 Å². The lowest BCUT2D eigenvalue weighted by molar-refractivity contribution is 0.931. The highest BCUT2D eigenvalue weighted by atomic mass is 14.8. The van der Waals surface area contributed by atoms with Crippen LogP contribution in [0, 0.1) is 6.92 Å². The molecule has 0 aliphatic heterocycles. The van der Waals surface area contributed by atoms with Gasteiger partial charge >= 0.3 is 0 Å². The van der Waals surface area contributed by atoms with E-state index in [1.165, 1.54) is 33.4 Å². The molecule has 0 amide bonds.